The Morgan fingerprint density at radius 3 is 1.17 bits per heavy atom. The SMILES string of the molecule is CCCCCCCCCCCCCCCCCCCCCC[N+](C)(C)CCCSOCC(CO)(CO)NC(=O)CCCCCCCCCCCCCCC. The lowest BCUT2D eigenvalue weighted by Gasteiger charge is -2.31. The fraction of sp³-hybridized carbons (Fsp3) is 0.979. The van der Waals surface area contributed by atoms with Gasteiger partial charge in [0.2, 0.25) is 5.91 Å². The standard InChI is InChI=1S/C47H96N2O4S/c1-5-7-9-11-13-15-17-19-20-21-22-23-24-25-27-29-31-33-35-37-40-49(3,4)41-38-42-54-53-45-47(43-50,44-51)48-46(52)39-36-34-32-30-28-26-18-16-14-12-10-8-6-2/h50-51H,5-45H2,1-4H3/p+1. The maximum Gasteiger partial charge on any atom is 0.220 e. The summed E-state index contributed by atoms with van der Waals surface area (Å²) in [7, 11) is 4.66. The average molecular weight is 786 g/mol. The monoisotopic (exact) mass is 786 g/mol. The van der Waals surface area contributed by atoms with Crippen molar-refractivity contribution in [3.05, 3.63) is 0 Å². The molecule has 0 heterocycles. The molecule has 0 unspecified atom stereocenters. The van der Waals surface area contributed by atoms with Crippen molar-refractivity contribution in [2.75, 3.05) is 52.8 Å². The Morgan fingerprint density at radius 1 is 0.500 bits per heavy atom. The highest BCUT2D eigenvalue weighted by Gasteiger charge is 2.31. The molecule has 0 fully saturated rings. The highest BCUT2D eigenvalue weighted by molar-refractivity contribution is 7.94. The van der Waals surface area contributed by atoms with E-state index in [1.807, 2.05) is 0 Å². The molecule has 0 radical (unpaired) electrons. The van der Waals surface area contributed by atoms with Crippen molar-refractivity contribution < 1.29 is 23.7 Å². The van der Waals surface area contributed by atoms with E-state index in [0.29, 0.717) is 6.42 Å². The Balaban J connectivity index is 3.70. The summed E-state index contributed by atoms with van der Waals surface area (Å²) in [5, 5.41) is 22.9. The molecule has 0 saturated heterocycles. The van der Waals surface area contributed by atoms with E-state index in [9.17, 15) is 15.0 Å². The molecule has 324 valence electrons. The highest BCUT2D eigenvalue weighted by Crippen LogP contribution is 2.18. The van der Waals surface area contributed by atoms with Crippen molar-refractivity contribution in [3.63, 3.8) is 0 Å². The van der Waals surface area contributed by atoms with Gasteiger partial charge in [0.25, 0.3) is 0 Å². The Kier molecular flexibility index (Phi) is 40.6. The molecule has 0 spiro atoms. The van der Waals surface area contributed by atoms with E-state index in [1.54, 1.807) is 0 Å². The number of unbranched alkanes of at least 4 members (excludes halogenated alkanes) is 31. The van der Waals surface area contributed by atoms with Crippen LogP contribution in [0.25, 0.3) is 0 Å². The van der Waals surface area contributed by atoms with E-state index in [4.69, 9.17) is 4.18 Å². The molecule has 7 heteroatoms. The number of rotatable bonds is 45. The number of nitrogens with one attached hydrogen (secondary N) is 1. The van der Waals surface area contributed by atoms with Gasteiger partial charge in [-0.05, 0) is 31.3 Å². The number of carbonyl (C=O) groups is 1. The van der Waals surface area contributed by atoms with Crippen LogP contribution in [0.5, 0.6) is 0 Å². The van der Waals surface area contributed by atoms with Crippen LogP contribution in [0.4, 0.5) is 0 Å². The molecule has 0 aromatic carbocycles. The van der Waals surface area contributed by atoms with Crippen LogP contribution in [0, 0.1) is 0 Å². The number of aliphatic hydroxyl groups excluding tert-OH is 2. The van der Waals surface area contributed by atoms with Gasteiger partial charge in [-0.15, -0.1) is 0 Å². The predicted octanol–water partition coefficient (Wildman–Crippen LogP) is 13.3. The summed E-state index contributed by atoms with van der Waals surface area (Å²) >= 11 is 1.39. The molecule has 1 amide bonds. The lowest BCUT2D eigenvalue weighted by molar-refractivity contribution is -0.890. The van der Waals surface area contributed by atoms with Crippen LogP contribution in [0.15, 0.2) is 0 Å². The van der Waals surface area contributed by atoms with Gasteiger partial charge in [0, 0.05) is 18.6 Å². The summed E-state index contributed by atoms with van der Waals surface area (Å²) in [6.45, 7) is 6.32. The van der Waals surface area contributed by atoms with E-state index < -0.39 is 5.54 Å². The summed E-state index contributed by atoms with van der Waals surface area (Å²) in [5.41, 5.74) is -1.12. The van der Waals surface area contributed by atoms with Gasteiger partial charge < -0.3 is 24.2 Å². The first-order valence-corrected chi connectivity index (χ1v) is 24.8. The Morgan fingerprint density at radius 2 is 0.815 bits per heavy atom. The molecule has 0 aromatic rings. The van der Waals surface area contributed by atoms with E-state index in [0.717, 1.165) is 36.0 Å². The van der Waals surface area contributed by atoms with Gasteiger partial charge in [0.15, 0.2) is 0 Å². The van der Waals surface area contributed by atoms with Gasteiger partial charge in [0.1, 0.15) is 5.54 Å². The molecule has 0 aromatic heterocycles. The molecule has 0 atom stereocenters. The second kappa shape index (κ2) is 40.8. The van der Waals surface area contributed by atoms with Crippen LogP contribution < -0.4 is 5.32 Å². The largest absolute Gasteiger partial charge is 0.394 e. The number of carbonyl (C=O) groups excluding carboxylic acids is 1. The van der Waals surface area contributed by atoms with E-state index in [-0.39, 0.29) is 25.7 Å². The second-order valence-electron chi connectivity index (χ2n) is 17.7. The quantitative estimate of drug-likeness (QED) is 0.0325. The Bertz CT molecular complexity index is 764. The van der Waals surface area contributed by atoms with Gasteiger partial charge in [-0.1, -0.05) is 206 Å². The van der Waals surface area contributed by atoms with Crippen molar-refractivity contribution in [2.24, 2.45) is 0 Å². The number of nitrogens with zero attached hydrogens (tertiary/aromatic N) is 1. The molecular formula is C47H97N2O4S+. The number of hydrogen-bond acceptors (Lipinski definition) is 5. The molecule has 0 aliphatic heterocycles. The summed E-state index contributed by atoms with van der Waals surface area (Å²) in [5.74, 6) is 0.750. The fourth-order valence-corrected chi connectivity index (χ4v) is 8.26. The molecule has 0 aliphatic carbocycles. The number of aliphatic hydroxyl groups is 2. The van der Waals surface area contributed by atoms with Crippen molar-refractivity contribution in [1.29, 1.82) is 0 Å². The highest BCUT2D eigenvalue weighted by atomic mass is 32.2. The molecule has 0 rings (SSSR count). The Labute approximate surface area is 342 Å². The molecule has 0 bridgehead atoms. The first-order chi connectivity index (χ1) is 26.3. The Hall–Kier alpha value is -0.340. The van der Waals surface area contributed by atoms with E-state index >= 15 is 0 Å². The van der Waals surface area contributed by atoms with Gasteiger partial charge in [-0.3, -0.25) is 4.79 Å². The third-order valence-corrected chi connectivity index (χ3v) is 12.3. The van der Waals surface area contributed by atoms with Crippen LogP contribution >= 0.6 is 12.0 Å². The zero-order valence-corrected chi connectivity index (χ0v) is 37.9. The normalized spacial score (nSPS) is 12.2. The minimum atomic E-state index is -1.12. The lowest BCUT2D eigenvalue weighted by atomic mass is 10.0. The molecule has 6 nitrogen and oxygen atoms in total. The maximum atomic E-state index is 12.6. The summed E-state index contributed by atoms with van der Waals surface area (Å²) in [6, 6.07) is 0. The third kappa shape index (κ3) is 37.2. The topological polar surface area (TPSA) is 78.8 Å². The maximum absolute atomic E-state index is 12.6. The average Bonchev–Trinajstić information content (AvgIpc) is 3.16. The fourth-order valence-electron chi connectivity index (χ4n) is 7.59. The van der Waals surface area contributed by atoms with Crippen LogP contribution in [0.3, 0.4) is 0 Å². The number of amides is 1. The van der Waals surface area contributed by atoms with Gasteiger partial charge in [-0.2, -0.15) is 0 Å². The second-order valence-corrected chi connectivity index (χ2v) is 18.6. The first kappa shape index (κ1) is 53.7. The summed E-state index contributed by atoms with van der Waals surface area (Å²) in [6.07, 6.45) is 46.4. The van der Waals surface area contributed by atoms with E-state index in [1.165, 1.54) is 218 Å². The molecular weight excluding hydrogens is 689 g/mol. The molecule has 0 aliphatic rings. The van der Waals surface area contributed by atoms with Crippen LogP contribution in [0.2, 0.25) is 0 Å². The predicted molar refractivity (Wildman–Crippen MR) is 238 cm³/mol. The zero-order chi connectivity index (χ0) is 39.7. The first-order valence-electron chi connectivity index (χ1n) is 23.9. The van der Waals surface area contributed by atoms with E-state index in [2.05, 4.69) is 33.3 Å². The van der Waals surface area contributed by atoms with Gasteiger partial charge in [0.05, 0.1) is 47.0 Å². The molecule has 54 heavy (non-hydrogen) atoms. The zero-order valence-electron chi connectivity index (χ0n) is 37.1. The smallest absolute Gasteiger partial charge is 0.220 e. The third-order valence-electron chi connectivity index (χ3n) is 11.5. The number of quaternary nitrogens is 1. The number of hydrogen-bond donors (Lipinski definition) is 3. The summed E-state index contributed by atoms with van der Waals surface area (Å²) < 4.78 is 6.83. The van der Waals surface area contributed by atoms with Gasteiger partial charge >= 0.3 is 0 Å². The van der Waals surface area contributed by atoms with Crippen LogP contribution in [-0.4, -0.2) is 78.9 Å². The minimum Gasteiger partial charge on any atom is -0.394 e. The van der Waals surface area contributed by atoms with Gasteiger partial charge in [-0.25, -0.2) is 0 Å². The van der Waals surface area contributed by atoms with Crippen molar-refractivity contribution in [1.82, 2.24) is 5.32 Å². The van der Waals surface area contributed by atoms with Crippen molar-refractivity contribution in [3.8, 4) is 0 Å². The van der Waals surface area contributed by atoms with Crippen LogP contribution in [-0.2, 0) is 8.98 Å². The summed E-state index contributed by atoms with van der Waals surface area (Å²) in [4.78, 5) is 12.6. The van der Waals surface area contributed by atoms with Crippen LogP contribution in [0.1, 0.15) is 239 Å². The lowest BCUT2D eigenvalue weighted by Crippen LogP contribution is -2.57. The van der Waals surface area contributed by atoms with Crippen molar-refractivity contribution in [2.45, 2.75) is 244 Å². The van der Waals surface area contributed by atoms with Crippen molar-refractivity contribution >= 4 is 17.9 Å². The minimum absolute atomic E-state index is 0.104. The molecule has 0 saturated carbocycles. The molecule has 3 N–H and O–H groups in total.